The third-order valence-electron chi connectivity index (χ3n) is 4.34. The maximum absolute atomic E-state index is 11.3. The van der Waals surface area contributed by atoms with Gasteiger partial charge in [0.25, 0.3) is 0 Å². The van der Waals surface area contributed by atoms with Crippen LogP contribution in [0.3, 0.4) is 0 Å². The van der Waals surface area contributed by atoms with Crippen LogP contribution in [0.25, 0.3) is 0 Å². The standard InChI is InChI=1S/C13H20O4/c1-2-3-4-15-9-5-11-13(6-10(9)17-11)7-12(14)16-8-13/h9-11H,2-8H2,1H3. The Bertz CT molecular complexity index is 317. The molecule has 0 aromatic rings. The van der Waals surface area contributed by atoms with Gasteiger partial charge in [0.2, 0.25) is 0 Å². The summed E-state index contributed by atoms with van der Waals surface area (Å²) >= 11 is 0. The van der Waals surface area contributed by atoms with E-state index in [-0.39, 0.29) is 29.7 Å². The van der Waals surface area contributed by atoms with Gasteiger partial charge in [-0.1, -0.05) is 13.3 Å². The lowest BCUT2D eigenvalue weighted by molar-refractivity contribution is -0.137. The number of hydrogen-bond donors (Lipinski definition) is 0. The molecule has 0 aliphatic carbocycles. The van der Waals surface area contributed by atoms with E-state index in [0.717, 1.165) is 32.3 Å². The van der Waals surface area contributed by atoms with Crippen molar-refractivity contribution in [3.05, 3.63) is 0 Å². The number of hydrogen-bond acceptors (Lipinski definition) is 4. The molecule has 3 aliphatic rings. The highest BCUT2D eigenvalue weighted by Gasteiger charge is 2.60. The van der Waals surface area contributed by atoms with Crippen LogP contribution in [0.1, 0.15) is 39.0 Å². The van der Waals surface area contributed by atoms with Gasteiger partial charge in [0, 0.05) is 18.4 Å². The Morgan fingerprint density at radius 1 is 1.53 bits per heavy atom. The monoisotopic (exact) mass is 240 g/mol. The van der Waals surface area contributed by atoms with Crippen molar-refractivity contribution < 1.29 is 19.0 Å². The van der Waals surface area contributed by atoms with E-state index in [1.54, 1.807) is 0 Å². The van der Waals surface area contributed by atoms with Gasteiger partial charge in [-0.25, -0.2) is 0 Å². The zero-order valence-corrected chi connectivity index (χ0v) is 10.3. The smallest absolute Gasteiger partial charge is 0.306 e. The van der Waals surface area contributed by atoms with Crippen LogP contribution in [0.5, 0.6) is 0 Å². The van der Waals surface area contributed by atoms with Gasteiger partial charge in [0.15, 0.2) is 0 Å². The maximum Gasteiger partial charge on any atom is 0.306 e. The lowest BCUT2D eigenvalue weighted by Gasteiger charge is -2.31. The number of rotatable bonds is 4. The Balaban J connectivity index is 1.57. The molecule has 0 saturated carbocycles. The Hall–Kier alpha value is -0.610. The minimum Gasteiger partial charge on any atom is -0.465 e. The number of ether oxygens (including phenoxy) is 3. The van der Waals surface area contributed by atoms with Crippen molar-refractivity contribution in [3.63, 3.8) is 0 Å². The molecule has 4 nitrogen and oxygen atoms in total. The normalized spacial score (nSPS) is 43.6. The van der Waals surface area contributed by atoms with Crippen LogP contribution in [0.15, 0.2) is 0 Å². The van der Waals surface area contributed by atoms with E-state index in [2.05, 4.69) is 6.92 Å². The van der Waals surface area contributed by atoms with E-state index in [1.807, 2.05) is 0 Å². The average molecular weight is 240 g/mol. The Labute approximate surface area is 102 Å². The summed E-state index contributed by atoms with van der Waals surface area (Å²) in [7, 11) is 0. The number of esters is 1. The molecule has 0 radical (unpaired) electrons. The Morgan fingerprint density at radius 3 is 3.00 bits per heavy atom. The summed E-state index contributed by atoms with van der Waals surface area (Å²) in [5.41, 5.74) is -0.0215. The molecule has 4 heteroatoms. The second-order valence-corrected chi connectivity index (χ2v) is 5.57. The van der Waals surface area contributed by atoms with Crippen molar-refractivity contribution in [2.45, 2.75) is 57.3 Å². The van der Waals surface area contributed by atoms with Gasteiger partial charge in [-0.15, -0.1) is 0 Å². The highest BCUT2D eigenvalue weighted by atomic mass is 16.6. The fourth-order valence-corrected chi connectivity index (χ4v) is 3.33. The molecule has 0 N–H and O–H groups in total. The number of fused-ring (bicyclic) bond motifs is 3. The fraction of sp³-hybridized carbons (Fsp3) is 0.923. The van der Waals surface area contributed by atoms with Crippen molar-refractivity contribution in [3.8, 4) is 0 Å². The molecule has 3 fully saturated rings. The molecule has 17 heavy (non-hydrogen) atoms. The lowest BCUT2D eigenvalue weighted by atomic mass is 9.72. The third-order valence-corrected chi connectivity index (χ3v) is 4.34. The zero-order chi connectivity index (χ0) is 11.9. The molecule has 0 amide bonds. The summed E-state index contributed by atoms with van der Waals surface area (Å²) < 4.78 is 16.9. The third kappa shape index (κ3) is 1.87. The van der Waals surface area contributed by atoms with Gasteiger partial charge >= 0.3 is 5.97 Å². The van der Waals surface area contributed by atoms with Crippen LogP contribution in [0.2, 0.25) is 0 Å². The van der Waals surface area contributed by atoms with Crippen molar-refractivity contribution in [1.29, 1.82) is 0 Å². The van der Waals surface area contributed by atoms with Gasteiger partial charge in [-0.3, -0.25) is 4.79 Å². The van der Waals surface area contributed by atoms with Crippen LogP contribution < -0.4 is 0 Å². The van der Waals surface area contributed by atoms with Gasteiger partial charge in [0.05, 0.1) is 24.7 Å². The number of unbranched alkanes of at least 4 members (excludes halogenated alkanes) is 1. The topological polar surface area (TPSA) is 44.8 Å². The summed E-state index contributed by atoms with van der Waals surface area (Å²) in [5, 5.41) is 0. The molecule has 0 aromatic heterocycles. The Kier molecular flexibility index (Phi) is 2.87. The lowest BCUT2D eigenvalue weighted by Crippen LogP contribution is -2.39. The molecule has 96 valence electrons. The molecule has 0 aromatic carbocycles. The first kappa shape index (κ1) is 11.5. The number of cyclic esters (lactones) is 1. The second-order valence-electron chi connectivity index (χ2n) is 5.57. The predicted octanol–water partition coefficient (Wildman–Crippen LogP) is 1.67. The highest BCUT2D eigenvalue weighted by Crippen LogP contribution is 2.53. The minimum absolute atomic E-state index is 0.0215. The fourth-order valence-electron chi connectivity index (χ4n) is 3.33. The first-order valence-electron chi connectivity index (χ1n) is 6.66. The molecule has 4 atom stereocenters. The highest BCUT2D eigenvalue weighted by molar-refractivity contribution is 5.72. The van der Waals surface area contributed by atoms with Gasteiger partial charge < -0.3 is 14.2 Å². The largest absolute Gasteiger partial charge is 0.465 e. The van der Waals surface area contributed by atoms with Crippen LogP contribution in [0, 0.1) is 5.41 Å². The first-order chi connectivity index (χ1) is 8.23. The summed E-state index contributed by atoms with van der Waals surface area (Å²) in [6.07, 6.45) is 5.28. The molecule has 3 rings (SSSR count). The van der Waals surface area contributed by atoms with Gasteiger partial charge in [-0.2, -0.15) is 0 Å². The summed E-state index contributed by atoms with van der Waals surface area (Å²) in [5.74, 6) is -0.0652. The number of carbonyl (C=O) groups is 1. The number of carbonyl (C=O) groups excluding carboxylic acids is 1. The zero-order valence-electron chi connectivity index (χ0n) is 10.3. The molecular formula is C13H20O4. The molecule has 2 bridgehead atoms. The predicted molar refractivity (Wildman–Crippen MR) is 60.6 cm³/mol. The minimum atomic E-state index is -0.0652. The SMILES string of the molecule is CCCCOC1CC2OC1CC21COC(=O)C1. The average Bonchev–Trinajstić information content (AvgIpc) is 2.95. The van der Waals surface area contributed by atoms with E-state index in [0.29, 0.717) is 13.0 Å². The van der Waals surface area contributed by atoms with E-state index in [9.17, 15) is 4.79 Å². The van der Waals surface area contributed by atoms with E-state index in [4.69, 9.17) is 14.2 Å². The molecule has 3 heterocycles. The molecule has 3 aliphatic heterocycles. The molecule has 4 unspecified atom stereocenters. The molecule has 1 spiro atoms. The van der Waals surface area contributed by atoms with Crippen molar-refractivity contribution in [2.24, 2.45) is 5.41 Å². The Morgan fingerprint density at radius 2 is 2.41 bits per heavy atom. The summed E-state index contributed by atoms with van der Waals surface area (Å²) in [6.45, 7) is 3.54. The van der Waals surface area contributed by atoms with Crippen LogP contribution in [-0.2, 0) is 19.0 Å². The quantitative estimate of drug-likeness (QED) is 0.554. The van der Waals surface area contributed by atoms with Gasteiger partial charge in [0.1, 0.15) is 6.61 Å². The van der Waals surface area contributed by atoms with E-state index in [1.165, 1.54) is 0 Å². The van der Waals surface area contributed by atoms with Crippen molar-refractivity contribution in [2.75, 3.05) is 13.2 Å². The maximum atomic E-state index is 11.3. The van der Waals surface area contributed by atoms with Gasteiger partial charge in [-0.05, 0) is 12.8 Å². The van der Waals surface area contributed by atoms with Crippen LogP contribution in [0.4, 0.5) is 0 Å². The van der Waals surface area contributed by atoms with Crippen molar-refractivity contribution >= 4 is 5.97 Å². The van der Waals surface area contributed by atoms with Crippen LogP contribution >= 0.6 is 0 Å². The summed E-state index contributed by atoms with van der Waals surface area (Å²) in [6, 6.07) is 0. The first-order valence-corrected chi connectivity index (χ1v) is 6.66. The molecule has 3 saturated heterocycles. The molecular weight excluding hydrogens is 220 g/mol. The van der Waals surface area contributed by atoms with E-state index < -0.39 is 0 Å². The summed E-state index contributed by atoms with van der Waals surface area (Å²) in [4.78, 5) is 11.3. The van der Waals surface area contributed by atoms with Crippen LogP contribution in [-0.4, -0.2) is 37.5 Å². The van der Waals surface area contributed by atoms with Crippen molar-refractivity contribution in [1.82, 2.24) is 0 Å². The second kappa shape index (κ2) is 4.25. The van der Waals surface area contributed by atoms with E-state index >= 15 is 0 Å².